The van der Waals surface area contributed by atoms with E-state index in [2.05, 4.69) is 106 Å². The van der Waals surface area contributed by atoms with Gasteiger partial charge in [-0.3, -0.25) is 14.4 Å². The first-order valence-electron chi connectivity index (χ1n) is 33.1. The lowest BCUT2D eigenvalue weighted by Gasteiger charge is -2.18. The van der Waals surface area contributed by atoms with Crippen LogP contribution in [0.25, 0.3) is 0 Å². The number of hydrogen-bond donors (Lipinski definition) is 0. The Morgan fingerprint density at radius 3 is 0.805 bits per heavy atom. The smallest absolute Gasteiger partial charge is 0.306 e. The van der Waals surface area contributed by atoms with E-state index >= 15 is 0 Å². The van der Waals surface area contributed by atoms with Crippen molar-refractivity contribution >= 4 is 17.9 Å². The summed E-state index contributed by atoms with van der Waals surface area (Å²) in [5, 5.41) is 0. The third kappa shape index (κ3) is 63.3. The van der Waals surface area contributed by atoms with Crippen LogP contribution in [0.5, 0.6) is 0 Å². The van der Waals surface area contributed by atoms with E-state index in [1.165, 1.54) is 173 Å². The summed E-state index contributed by atoms with van der Waals surface area (Å²) >= 11 is 0. The number of carbonyl (C=O) groups excluding carboxylic acids is 3. The van der Waals surface area contributed by atoms with Crippen LogP contribution in [-0.4, -0.2) is 37.2 Å². The van der Waals surface area contributed by atoms with Crippen LogP contribution in [0.4, 0.5) is 0 Å². The lowest BCUT2D eigenvalue weighted by Crippen LogP contribution is -2.30. The quantitative estimate of drug-likeness (QED) is 0.0261. The molecule has 0 bridgehead atoms. The zero-order chi connectivity index (χ0) is 55.7. The van der Waals surface area contributed by atoms with Crippen LogP contribution in [0.2, 0.25) is 0 Å². The van der Waals surface area contributed by atoms with Crippen LogP contribution in [0.15, 0.2) is 85.1 Å². The first-order valence-corrected chi connectivity index (χ1v) is 33.1. The van der Waals surface area contributed by atoms with E-state index in [0.29, 0.717) is 19.3 Å². The molecule has 6 nitrogen and oxygen atoms in total. The van der Waals surface area contributed by atoms with Crippen molar-refractivity contribution < 1.29 is 28.6 Å². The average molecular weight is 1070 g/mol. The van der Waals surface area contributed by atoms with Gasteiger partial charge in [-0.2, -0.15) is 0 Å². The Balaban J connectivity index is 4.03. The molecule has 0 aromatic heterocycles. The topological polar surface area (TPSA) is 78.9 Å². The Labute approximate surface area is 477 Å². The predicted octanol–water partition coefficient (Wildman–Crippen LogP) is 22.7. The fraction of sp³-hybridized carbons (Fsp3) is 0.761. The normalized spacial score (nSPS) is 12.6. The van der Waals surface area contributed by atoms with E-state index in [9.17, 15) is 14.4 Å². The Morgan fingerprint density at radius 2 is 0.506 bits per heavy atom. The third-order valence-electron chi connectivity index (χ3n) is 14.4. The van der Waals surface area contributed by atoms with Crippen molar-refractivity contribution in [1.82, 2.24) is 0 Å². The molecule has 0 aliphatic heterocycles. The molecule has 0 saturated carbocycles. The molecule has 0 fully saturated rings. The van der Waals surface area contributed by atoms with Gasteiger partial charge >= 0.3 is 17.9 Å². The lowest BCUT2D eigenvalue weighted by molar-refractivity contribution is -0.167. The van der Waals surface area contributed by atoms with Crippen molar-refractivity contribution in [2.75, 3.05) is 13.2 Å². The molecule has 0 aromatic carbocycles. The minimum Gasteiger partial charge on any atom is -0.462 e. The Kier molecular flexibility index (Phi) is 62.2. The molecular formula is C71H124O6. The van der Waals surface area contributed by atoms with E-state index in [4.69, 9.17) is 14.2 Å². The van der Waals surface area contributed by atoms with Gasteiger partial charge in [-0.25, -0.2) is 0 Å². The van der Waals surface area contributed by atoms with E-state index in [1.54, 1.807) is 0 Å². The fourth-order valence-electron chi connectivity index (χ4n) is 9.44. The molecule has 0 saturated heterocycles. The Bertz CT molecular complexity index is 1470. The molecule has 0 N–H and O–H groups in total. The van der Waals surface area contributed by atoms with Gasteiger partial charge in [0, 0.05) is 19.3 Å². The summed E-state index contributed by atoms with van der Waals surface area (Å²) in [7, 11) is 0. The van der Waals surface area contributed by atoms with Crippen molar-refractivity contribution in [3.8, 4) is 0 Å². The van der Waals surface area contributed by atoms with Gasteiger partial charge in [0.05, 0.1) is 0 Å². The number of unbranched alkanes of at least 4 members (excludes halogenated alkanes) is 35. The van der Waals surface area contributed by atoms with Crippen LogP contribution in [0.3, 0.4) is 0 Å². The number of allylic oxidation sites excluding steroid dienone is 14. The predicted molar refractivity (Wildman–Crippen MR) is 334 cm³/mol. The van der Waals surface area contributed by atoms with Gasteiger partial charge in [-0.05, 0) is 96.3 Å². The van der Waals surface area contributed by atoms with Crippen LogP contribution in [0.1, 0.15) is 329 Å². The maximum Gasteiger partial charge on any atom is 0.306 e. The summed E-state index contributed by atoms with van der Waals surface area (Å²) in [5.41, 5.74) is 0. The molecule has 0 rings (SSSR count). The van der Waals surface area contributed by atoms with Crippen molar-refractivity contribution in [2.45, 2.75) is 335 Å². The summed E-state index contributed by atoms with van der Waals surface area (Å²) in [6.45, 7) is 6.46. The largest absolute Gasteiger partial charge is 0.462 e. The monoisotopic (exact) mass is 1070 g/mol. The zero-order valence-electron chi connectivity index (χ0n) is 51.0. The van der Waals surface area contributed by atoms with Gasteiger partial charge in [-0.15, -0.1) is 0 Å². The number of ether oxygens (including phenoxy) is 3. The average Bonchev–Trinajstić information content (AvgIpc) is 3.43. The molecule has 6 heteroatoms. The summed E-state index contributed by atoms with van der Waals surface area (Å²) in [5.74, 6) is -0.898. The molecule has 77 heavy (non-hydrogen) atoms. The number of esters is 3. The lowest BCUT2D eigenvalue weighted by atomic mass is 10.0. The summed E-state index contributed by atoms with van der Waals surface area (Å²) in [6, 6.07) is 0. The second-order valence-electron chi connectivity index (χ2n) is 22.0. The van der Waals surface area contributed by atoms with Crippen molar-refractivity contribution in [2.24, 2.45) is 0 Å². The molecule has 0 aromatic rings. The van der Waals surface area contributed by atoms with E-state index in [1.807, 2.05) is 0 Å². The molecule has 0 radical (unpaired) electrons. The third-order valence-corrected chi connectivity index (χ3v) is 14.4. The standard InChI is InChI=1S/C71H124O6/c1-4-7-10-13-15-17-19-21-23-25-27-29-31-33-34-35-36-38-39-41-43-45-47-49-51-53-55-58-61-64-70(73)76-67-68(66-75-69(72)63-60-57-12-9-6-3)77-71(74)65-62-59-56-54-52-50-48-46-44-42-40-37-32-30-28-26-24-22-20-18-16-14-11-8-5-2/h8,11,16,18,22,24-25,27-28,30,37,40,44,46,68H,4-7,9-10,12-15,17,19-21,23,26,29,31-36,38-39,41-43,45,47-67H2,1-3H3/b11-8-,18-16-,24-22-,27-25-,30-28-,40-37-,46-44-. The molecular weight excluding hydrogens is 949 g/mol. The highest BCUT2D eigenvalue weighted by molar-refractivity contribution is 5.71. The van der Waals surface area contributed by atoms with Crippen LogP contribution in [0, 0.1) is 0 Å². The summed E-state index contributed by atoms with van der Waals surface area (Å²) in [4.78, 5) is 38.0. The number of rotatable bonds is 60. The van der Waals surface area contributed by atoms with Gasteiger partial charge in [-0.1, -0.05) is 298 Å². The van der Waals surface area contributed by atoms with E-state index < -0.39 is 6.10 Å². The molecule has 0 aliphatic carbocycles. The molecule has 0 aliphatic rings. The van der Waals surface area contributed by atoms with Gasteiger partial charge in [0.2, 0.25) is 0 Å². The van der Waals surface area contributed by atoms with Crippen molar-refractivity contribution in [3.05, 3.63) is 85.1 Å². The van der Waals surface area contributed by atoms with Gasteiger partial charge in [0.1, 0.15) is 13.2 Å². The number of carbonyl (C=O) groups is 3. The van der Waals surface area contributed by atoms with Crippen LogP contribution < -0.4 is 0 Å². The second-order valence-corrected chi connectivity index (χ2v) is 22.0. The van der Waals surface area contributed by atoms with Gasteiger partial charge in [0.25, 0.3) is 0 Å². The van der Waals surface area contributed by atoms with Gasteiger partial charge < -0.3 is 14.2 Å². The highest BCUT2D eigenvalue weighted by Gasteiger charge is 2.19. The molecule has 0 heterocycles. The Morgan fingerprint density at radius 1 is 0.273 bits per heavy atom. The minimum atomic E-state index is -0.781. The highest BCUT2D eigenvalue weighted by atomic mass is 16.6. The first kappa shape index (κ1) is 73.6. The molecule has 0 amide bonds. The zero-order valence-corrected chi connectivity index (χ0v) is 51.0. The molecule has 444 valence electrons. The van der Waals surface area contributed by atoms with Crippen molar-refractivity contribution in [3.63, 3.8) is 0 Å². The van der Waals surface area contributed by atoms with E-state index in [-0.39, 0.29) is 31.1 Å². The van der Waals surface area contributed by atoms with Crippen molar-refractivity contribution in [1.29, 1.82) is 0 Å². The minimum absolute atomic E-state index is 0.0805. The van der Waals surface area contributed by atoms with E-state index in [0.717, 1.165) is 116 Å². The molecule has 0 spiro atoms. The maximum atomic E-state index is 12.8. The number of hydrogen-bond acceptors (Lipinski definition) is 6. The molecule has 1 atom stereocenters. The van der Waals surface area contributed by atoms with Gasteiger partial charge in [0.15, 0.2) is 6.10 Å². The SMILES string of the molecule is CC/C=C\C/C=C\C/C=C\C/C=C\C/C=C\C/C=C\CCCCCCCCC(=O)OC(COC(=O)CCCCCCC)COC(=O)CCCCCCCCCCCCCCCCCCC/C=C\CCCCCCCCCC. The first-order chi connectivity index (χ1) is 38.0. The fourth-order valence-corrected chi connectivity index (χ4v) is 9.44. The summed E-state index contributed by atoms with van der Waals surface area (Å²) < 4.78 is 16.8. The maximum absolute atomic E-state index is 12.8. The summed E-state index contributed by atoms with van der Waals surface area (Å²) in [6.07, 6.45) is 86.5. The van der Waals surface area contributed by atoms with Crippen LogP contribution in [-0.2, 0) is 28.6 Å². The van der Waals surface area contributed by atoms with Crippen LogP contribution >= 0.6 is 0 Å². The Hall–Kier alpha value is -3.41. The highest BCUT2D eigenvalue weighted by Crippen LogP contribution is 2.17. The molecule has 1 unspecified atom stereocenters. The second kappa shape index (κ2) is 65.1.